The van der Waals surface area contributed by atoms with Gasteiger partial charge < -0.3 is 20.3 Å². The number of nitrogens with zero attached hydrogens (tertiary/aromatic N) is 1. The minimum Gasteiger partial charge on any atom is -0.463 e. The van der Waals surface area contributed by atoms with E-state index in [0.29, 0.717) is 12.2 Å². The van der Waals surface area contributed by atoms with Gasteiger partial charge in [0.15, 0.2) is 0 Å². The van der Waals surface area contributed by atoms with Crippen molar-refractivity contribution in [1.82, 2.24) is 15.5 Å². The summed E-state index contributed by atoms with van der Waals surface area (Å²) in [6.07, 6.45) is 11.7. The number of rotatable bonds is 11. The first kappa shape index (κ1) is 40.0. The molecule has 41 heavy (non-hydrogen) atoms. The summed E-state index contributed by atoms with van der Waals surface area (Å²) in [5.41, 5.74) is 2.82. The molecule has 2 unspecified atom stereocenters. The summed E-state index contributed by atoms with van der Waals surface area (Å²) in [5.74, 6) is -0.842. The molecule has 0 spiro atoms. The van der Waals surface area contributed by atoms with Crippen molar-refractivity contribution in [3.8, 4) is 12.8 Å². The van der Waals surface area contributed by atoms with Crippen LogP contribution < -0.4 is 10.6 Å². The molecule has 0 bridgehead atoms. The molecule has 2 N–H and O–H groups in total. The molecule has 0 aromatic heterocycles. The van der Waals surface area contributed by atoms with Crippen LogP contribution >= 0.6 is 0 Å². The summed E-state index contributed by atoms with van der Waals surface area (Å²) < 4.78 is 5.01. The zero-order chi connectivity index (χ0) is 32.6. The third-order valence-electron chi connectivity index (χ3n) is 6.85. The van der Waals surface area contributed by atoms with Crippen LogP contribution in [0.2, 0.25) is 0 Å². The minimum absolute atomic E-state index is 0.219. The number of aryl methyl sites for hydroxylation is 2. The van der Waals surface area contributed by atoms with Crippen molar-refractivity contribution in [1.29, 1.82) is 0 Å². The Labute approximate surface area is 250 Å². The van der Waals surface area contributed by atoms with Crippen molar-refractivity contribution in [3.05, 3.63) is 46.5 Å². The number of carbonyl (C=O) groups excluding carboxylic acids is 3. The van der Waals surface area contributed by atoms with E-state index in [1.165, 1.54) is 11.3 Å². The van der Waals surface area contributed by atoms with Crippen LogP contribution in [0.3, 0.4) is 0 Å². The second-order valence-electron chi connectivity index (χ2n) is 11.7. The first-order chi connectivity index (χ1) is 19.0. The third kappa shape index (κ3) is 12.5. The van der Waals surface area contributed by atoms with Gasteiger partial charge in [0.1, 0.15) is 6.04 Å². The number of carbonyl (C=O) groups is 3. The molecular weight excluding hydrogens is 514 g/mol. The first-order valence-electron chi connectivity index (χ1n) is 14.5. The molecule has 0 fully saturated rings. The third-order valence-corrected chi connectivity index (χ3v) is 6.85. The molecule has 0 saturated carbocycles. The fourth-order valence-corrected chi connectivity index (χ4v) is 4.41. The molecule has 3 atom stereocenters. The lowest BCUT2D eigenvalue weighted by molar-refractivity contribution is -0.139. The first-order valence-corrected chi connectivity index (χ1v) is 14.5. The molecule has 2 amide bonds. The number of terminal acetylenes is 1. The smallest absolute Gasteiger partial charge is 0.333 e. The van der Waals surface area contributed by atoms with Crippen LogP contribution in [0.15, 0.2) is 29.8 Å². The summed E-state index contributed by atoms with van der Waals surface area (Å²) in [4.78, 5) is 40.6. The van der Waals surface area contributed by atoms with E-state index in [4.69, 9.17) is 4.74 Å². The Morgan fingerprint density at radius 3 is 1.85 bits per heavy atom. The van der Waals surface area contributed by atoms with Gasteiger partial charge in [0.05, 0.1) is 12.6 Å². The molecule has 0 saturated heterocycles. The molecule has 0 aliphatic rings. The number of ether oxygens (including phenoxy) is 1. The zero-order valence-electron chi connectivity index (χ0n) is 28.0. The van der Waals surface area contributed by atoms with Crippen molar-refractivity contribution in [2.45, 2.75) is 107 Å². The lowest BCUT2D eigenvalue weighted by atomic mass is 9.72. The van der Waals surface area contributed by atoms with E-state index in [9.17, 15) is 14.4 Å². The van der Waals surface area contributed by atoms with Crippen LogP contribution in [-0.2, 0) is 24.5 Å². The SMILES string of the molecule is C#C.CCC.CCOC(=O)/C(C)=C/CN(C)C(=O)C(NC(=O)[C@@H](NC)C(C)(CC)c1cc(C)cc(C)c1)C(C)(C)C. The molecule has 1 rings (SSSR count). The summed E-state index contributed by atoms with van der Waals surface area (Å²) in [7, 11) is 3.45. The topological polar surface area (TPSA) is 87.7 Å². The second-order valence-corrected chi connectivity index (χ2v) is 11.7. The number of hydrogen-bond donors (Lipinski definition) is 2. The highest BCUT2D eigenvalue weighted by atomic mass is 16.5. The largest absolute Gasteiger partial charge is 0.463 e. The summed E-state index contributed by atoms with van der Waals surface area (Å²) in [6, 6.07) is 5.09. The fraction of sp³-hybridized carbons (Fsp3) is 0.618. The average Bonchev–Trinajstić information content (AvgIpc) is 2.90. The molecule has 7 nitrogen and oxygen atoms in total. The normalized spacial score (nSPS) is 14.1. The molecule has 0 heterocycles. The molecular formula is C34H57N3O4. The van der Waals surface area contributed by atoms with Crippen LogP contribution in [0.25, 0.3) is 0 Å². The molecule has 0 aliphatic carbocycles. The van der Waals surface area contributed by atoms with Gasteiger partial charge in [-0.1, -0.05) is 90.3 Å². The number of esters is 1. The molecule has 232 valence electrons. The highest BCUT2D eigenvalue weighted by molar-refractivity contribution is 5.91. The van der Waals surface area contributed by atoms with Crippen LogP contribution in [0.1, 0.15) is 91.8 Å². The van der Waals surface area contributed by atoms with E-state index >= 15 is 0 Å². The van der Waals surface area contributed by atoms with Gasteiger partial charge in [-0.2, -0.15) is 0 Å². The summed E-state index contributed by atoms with van der Waals surface area (Å²) in [6.45, 7) is 22.3. The lowest BCUT2D eigenvalue weighted by Gasteiger charge is -2.39. The molecule has 0 radical (unpaired) electrons. The highest BCUT2D eigenvalue weighted by Gasteiger charge is 2.42. The van der Waals surface area contributed by atoms with E-state index < -0.39 is 28.9 Å². The maximum absolute atomic E-state index is 13.7. The van der Waals surface area contributed by atoms with Gasteiger partial charge in [0.2, 0.25) is 11.8 Å². The predicted octanol–water partition coefficient (Wildman–Crippen LogP) is 5.72. The van der Waals surface area contributed by atoms with Gasteiger partial charge in [-0.15, -0.1) is 12.8 Å². The predicted molar refractivity (Wildman–Crippen MR) is 172 cm³/mol. The van der Waals surface area contributed by atoms with E-state index in [-0.39, 0.29) is 18.4 Å². The number of benzene rings is 1. The summed E-state index contributed by atoms with van der Waals surface area (Å²) >= 11 is 0. The minimum atomic E-state index is -0.748. The maximum atomic E-state index is 13.7. The zero-order valence-corrected chi connectivity index (χ0v) is 28.0. The van der Waals surface area contributed by atoms with Crippen molar-refractivity contribution in [2.75, 3.05) is 27.2 Å². The Morgan fingerprint density at radius 2 is 1.46 bits per heavy atom. The van der Waals surface area contributed by atoms with Gasteiger partial charge in [0.25, 0.3) is 0 Å². The van der Waals surface area contributed by atoms with Crippen molar-refractivity contribution >= 4 is 17.8 Å². The quantitative estimate of drug-likeness (QED) is 0.201. The van der Waals surface area contributed by atoms with Crippen molar-refractivity contribution in [2.24, 2.45) is 5.41 Å². The fourth-order valence-electron chi connectivity index (χ4n) is 4.41. The average molecular weight is 572 g/mol. The van der Waals surface area contributed by atoms with Gasteiger partial charge in [-0.3, -0.25) is 9.59 Å². The van der Waals surface area contributed by atoms with E-state index in [0.717, 1.165) is 23.1 Å². The van der Waals surface area contributed by atoms with Gasteiger partial charge in [0, 0.05) is 24.6 Å². The lowest BCUT2D eigenvalue weighted by Crippen LogP contribution is -2.61. The Morgan fingerprint density at radius 1 is 0.976 bits per heavy atom. The Bertz CT molecular complexity index is 1000. The van der Waals surface area contributed by atoms with Crippen molar-refractivity contribution in [3.63, 3.8) is 0 Å². The summed E-state index contributed by atoms with van der Waals surface area (Å²) in [5, 5.41) is 6.28. The van der Waals surface area contributed by atoms with E-state index in [1.54, 1.807) is 34.0 Å². The molecule has 7 heteroatoms. The van der Waals surface area contributed by atoms with Crippen LogP contribution in [0, 0.1) is 32.1 Å². The molecule has 1 aromatic rings. The Hall–Kier alpha value is -3.11. The van der Waals surface area contributed by atoms with Crippen LogP contribution in [0.5, 0.6) is 0 Å². The maximum Gasteiger partial charge on any atom is 0.333 e. The standard InChI is InChI=1S/C29H47N3O4.C3H8.C2H2/c1-12-29(9,22-17-19(3)16-20(4)18-22)23(30-10)25(33)31-24(28(6,7)8)26(34)32(11)15-14-21(5)27(35)36-13-2;1-3-2;1-2/h14,16-18,23-24,30H,12-13,15H2,1-11H3,(H,31,33);3H2,1-2H3;1-2H/b21-14+;;/t23-,24?,29?;;/m1../s1. The number of hydrogen-bond acceptors (Lipinski definition) is 5. The Balaban J connectivity index is 0. The van der Waals surface area contributed by atoms with Crippen LogP contribution in [0.4, 0.5) is 0 Å². The van der Waals surface area contributed by atoms with Crippen LogP contribution in [-0.4, -0.2) is 62.0 Å². The van der Waals surface area contributed by atoms with Gasteiger partial charge >= 0.3 is 5.97 Å². The molecule has 1 aromatic carbocycles. The monoisotopic (exact) mass is 571 g/mol. The number of nitrogens with one attached hydrogen (secondary N) is 2. The van der Waals surface area contributed by atoms with Crippen molar-refractivity contribution < 1.29 is 19.1 Å². The molecule has 0 aliphatic heterocycles. The Kier molecular flexibility index (Phi) is 18.6. The number of amides is 2. The van der Waals surface area contributed by atoms with E-state index in [2.05, 4.69) is 83.2 Å². The number of likely N-dealkylation sites (N-methyl/N-ethyl adjacent to an activating group) is 2. The van der Waals surface area contributed by atoms with E-state index in [1.807, 2.05) is 20.8 Å². The highest BCUT2D eigenvalue weighted by Crippen LogP contribution is 2.33. The second kappa shape index (κ2) is 19.1. The van der Waals surface area contributed by atoms with Gasteiger partial charge in [-0.05, 0) is 52.1 Å². The van der Waals surface area contributed by atoms with Gasteiger partial charge in [-0.25, -0.2) is 4.79 Å².